The summed E-state index contributed by atoms with van der Waals surface area (Å²) in [6.07, 6.45) is 5.01. The van der Waals surface area contributed by atoms with Crippen LogP contribution in [0.5, 0.6) is 11.5 Å². The number of hydrogen-bond donors (Lipinski definition) is 2. The summed E-state index contributed by atoms with van der Waals surface area (Å²) in [4.78, 5) is 20.6. The van der Waals surface area contributed by atoms with Crippen molar-refractivity contribution in [3.05, 3.63) is 83.4 Å². The first kappa shape index (κ1) is 31.0. The molecule has 160 valence electrons. The number of allylic oxidation sites excluding steroid dienone is 4. The maximum Gasteiger partial charge on any atom is 0.178 e. The molecule has 0 aliphatic heterocycles. The molecule has 0 saturated heterocycles. The summed E-state index contributed by atoms with van der Waals surface area (Å²) in [6, 6.07) is 15.5. The predicted octanol–water partition coefficient (Wildman–Crippen LogP) is 6.88. The summed E-state index contributed by atoms with van der Waals surface area (Å²) in [6.45, 7) is 12.0. The van der Waals surface area contributed by atoms with Crippen molar-refractivity contribution in [3.8, 4) is 11.5 Å². The average Bonchev–Trinajstić information content (AvgIpc) is 2.78. The van der Waals surface area contributed by atoms with Crippen molar-refractivity contribution in [2.24, 2.45) is 0 Å². The molecule has 2 aromatic carbocycles. The fraction of sp³-hybridized carbons (Fsp3) is 0.250. The van der Waals surface area contributed by atoms with Crippen LogP contribution < -0.4 is 0 Å². The van der Waals surface area contributed by atoms with Gasteiger partial charge in [0.2, 0.25) is 0 Å². The van der Waals surface area contributed by atoms with E-state index in [0.29, 0.717) is 11.5 Å². The minimum absolute atomic E-state index is 0.121. The number of benzene rings is 2. The Morgan fingerprint density at radius 1 is 0.552 bits per heavy atom. The zero-order valence-corrected chi connectivity index (χ0v) is 19.7. The Morgan fingerprint density at radius 3 is 1.10 bits per heavy atom. The van der Waals surface area contributed by atoms with Gasteiger partial charge < -0.3 is 10.2 Å². The molecule has 0 saturated carbocycles. The van der Waals surface area contributed by atoms with Crippen LogP contribution in [-0.4, -0.2) is 21.8 Å². The fourth-order valence-corrected chi connectivity index (χ4v) is 1.57. The maximum absolute atomic E-state index is 10.3. The van der Waals surface area contributed by atoms with Crippen LogP contribution in [0.15, 0.2) is 83.4 Å². The lowest BCUT2D eigenvalue weighted by molar-refractivity contribution is -0.113. The third-order valence-electron chi connectivity index (χ3n) is 2.41. The first-order valence-electron chi connectivity index (χ1n) is 9.60. The van der Waals surface area contributed by atoms with E-state index in [1.165, 1.54) is 24.3 Å². The second-order valence-corrected chi connectivity index (χ2v) is 5.20. The van der Waals surface area contributed by atoms with Crippen LogP contribution in [0.25, 0.3) is 0 Å². The van der Waals surface area contributed by atoms with Crippen LogP contribution in [-0.2, 0) is 9.59 Å². The van der Waals surface area contributed by atoms with Crippen molar-refractivity contribution in [2.75, 3.05) is 0 Å². The summed E-state index contributed by atoms with van der Waals surface area (Å²) < 4.78 is 0.982. The molecule has 0 radical (unpaired) electrons. The van der Waals surface area contributed by atoms with E-state index in [4.69, 9.17) is 10.2 Å². The van der Waals surface area contributed by atoms with Crippen molar-refractivity contribution >= 4 is 27.5 Å². The molecular weight excluding hydrogens is 432 g/mol. The summed E-state index contributed by atoms with van der Waals surface area (Å²) in [7, 11) is 0. The van der Waals surface area contributed by atoms with E-state index < -0.39 is 0 Å². The number of rotatable bonds is 0. The van der Waals surface area contributed by atoms with Crippen LogP contribution in [0, 0.1) is 0 Å². The lowest BCUT2D eigenvalue weighted by Crippen LogP contribution is -1.97. The van der Waals surface area contributed by atoms with E-state index in [1.807, 2.05) is 47.6 Å². The molecule has 0 bridgehead atoms. The highest BCUT2D eigenvalue weighted by molar-refractivity contribution is 9.10. The number of para-hydroxylation sites is 1. The third kappa shape index (κ3) is 21.5. The molecule has 4 nitrogen and oxygen atoms in total. The van der Waals surface area contributed by atoms with Crippen molar-refractivity contribution in [1.29, 1.82) is 0 Å². The van der Waals surface area contributed by atoms with Crippen LogP contribution in [0.1, 0.15) is 41.5 Å². The number of hydrogen-bond acceptors (Lipinski definition) is 4. The van der Waals surface area contributed by atoms with E-state index in [9.17, 15) is 9.59 Å². The van der Waals surface area contributed by atoms with Gasteiger partial charge in [-0.1, -0.05) is 75.7 Å². The van der Waals surface area contributed by atoms with E-state index in [2.05, 4.69) is 15.9 Å². The molecule has 1 aliphatic rings. The van der Waals surface area contributed by atoms with Crippen LogP contribution in [0.4, 0.5) is 0 Å². The molecule has 0 amide bonds. The van der Waals surface area contributed by atoms with Crippen molar-refractivity contribution in [3.63, 3.8) is 0 Å². The minimum Gasteiger partial charge on any atom is -0.508 e. The molecule has 0 aromatic heterocycles. The highest BCUT2D eigenvalue weighted by Crippen LogP contribution is 2.13. The van der Waals surface area contributed by atoms with Crippen molar-refractivity contribution in [2.45, 2.75) is 41.5 Å². The highest BCUT2D eigenvalue weighted by atomic mass is 79.9. The van der Waals surface area contributed by atoms with Gasteiger partial charge in [0.25, 0.3) is 0 Å². The van der Waals surface area contributed by atoms with Gasteiger partial charge in [-0.3, -0.25) is 9.59 Å². The van der Waals surface area contributed by atoms with E-state index >= 15 is 0 Å². The number of phenolic OH excluding ortho intramolecular Hbond substituents is 2. The highest BCUT2D eigenvalue weighted by Gasteiger charge is 1.97. The summed E-state index contributed by atoms with van der Waals surface area (Å²) in [5.74, 6) is 0.380. The monoisotopic (exact) mass is 464 g/mol. The minimum atomic E-state index is -0.121. The molecule has 0 atom stereocenters. The van der Waals surface area contributed by atoms with Gasteiger partial charge in [0.1, 0.15) is 11.5 Å². The van der Waals surface area contributed by atoms with E-state index in [-0.39, 0.29) is 11.6 Å². The van der Waals surface area contributed by atoms with Crippen LogP contribution in [0.3, 0.4) is 0 Å². The lowest BCUT2D eigenvalue weighted by Gasteiger charge is -1.87. The summed E-state index contributed by atoms with van der Waals surface area (Å²) in [5.41, 5.74) is 0. The number of carbonyl (C=O) groups excluding carboxylic acids is 2. The molecule has 29 heavy (non-hydrogen) atoms. The molecule has 0 unspecified atom stereocenters. The number of phenols is 2. The maximum atomic E-state index is 10.3. The average molecular weight is 465 g/mol. The topological polar surface area (TPSA) is 74.6 Å². The summed E-state index contributed by atoms with van der Waals surface area (Å²) in [5, 5.41) is 17.4. The lowest BCUT2D eigenvalue weighted by atomic mass is 10.2. The molecule has 0 heterocycles. The third-order valence-corrected chi connectivity index (χ3v) is 2.94. The zero-order valence-electron chi connectivity index (χ0n) is 18.1. The second-order valence-electron chi connectivity index (χ2n) is 4.28. The molecule has 5 heteroatoms. The van der Waals surface area contributed by atoms with E-state index in [1.54, 1.807) is 48.5 Å². The Bertz CT molecular complexity index is 632. The van der Waals surface area contributed by atoms with Crippen molar-refractivity contribution < 1.29 is 19.8 Å². The van der Waals surface area contributed by atoms with Gasteiger partial charge in [0.15, 0.2) is 11.6 Å². The Morgan fingerprint density at radius 2 is 0.862 bits per heavy atom. The number of ketones is 2. The van der Waals surface area contributed by atoms with Gasteiger partial charge >= 0.3 is 0 Å². The molecular formula is C24H33BrO4. The largest absolute Gasteiger partial charge is 0.508 e. The van der Waals surface area contributed by atoms with Crippen LogP contribution >= 0.6 is 15.9 Å². The van der Waals surface area contributed by atoms with Crippen LogP contribution in [0.2, 0.25) is 0 Å². The van der Waals surface area contributed by atoms with Gasteiger partial charge in [-0.15, -0.1) is 0 Å². The Labute approximate surface area is 183 Å². The molecule has 1 aliphatic carbocycles. The normalized spacial score (nSPS) is 10.0. The number of carbonyl (C=O) groups is 2. The van der Waals surface area contributed by atoms with Gasteiger partial charge in [0.05, 0.1) is 0 Å². The standard InChI is InChI=1S/C6H5BrO.C6H4O2.C6H6O.3C2H6/c7-5-1-3-6(8)4-2-5;7-5-1-2-6(8)4-3-5;7-6-4-2-1-3-5-6;3*1-2/h1-4,8H;1-4H;1-5,7H;3*1-2H3. The van der Waals surface area contributed by atoms with E-state index in [0.717, 1.165) is 4.47 Å². The first-order valence-corrected chi connectivity index (χ1v) is 10.4. The summed E-state index contributed by atoms with van der Waals surface area (Å²) >= 11 is 3.23. The van der Waals surface area contributed by atoms with Gasteiger partial charge in [-0.05, 0) is 60.7 Å². The number of halogens is 1. The van der Waals surface area contributed by atoms with Gasteiger partial charge in [0, 0.05) is 4.47 Å². The molecule has 3 rings (SSSR count). The Kier molecular flexibility index (Phi) is 25.0. The SMILES string of the molecule is CC.CC.CC.O=C1C=CC(=O)C=C1.Oc1ccc(Br)cc1.Oc1ccccc1. The first-order chi connectivity index (χ1) is 14.0. The Balaban J connectivity index is -0.000000310. The van der Waals surface area contributed by atoms with Gasteiger partial charge in [-0.2, -0.15) is 0 Å². The second kappa shape index (κ2) is 23.4. The fourth-order valence-electron chi connectivity index (χ4n) is 1.31. The smallest absolute Gasteiger partial charge is 0.178 e. The predicted molar refractivity (Wildman–Crippen MR) is 126 cm³/mol. The van der Waals surface area contributed by atoms with Crippen molar-refractivity contribution in [1.82, 2.24) is 0 Å². The van der Waals surface area contributed by atoms with Gasteiger partial charge in [-0.25, -0.2) is 0 Å². The Hall–Kier alpha value is -2.66. The quantitative estimate of drug-likeness (QED) is 0.416. The zero-order chi connectivity index (χ0) is 23.1. The molecule has 0 fully saturated rings. The molecule has 0 spiro atoms. The molecule has 2 aromatic rings. The molecule has 2 N–H and O–H groups in total. The number of aromatic hydroxyl groups is 2.